The number of aromatic nitrogens is 2. The minimum Gasteiger partial charge on any atom is -0.370 e. The summed E-state index contributed by atoms with van der Waals surface area (Å²) in [6, 6.07) is 7.18. The molecule has 1 saturated heterocycles. The van der Waals surface area contributed by atoms with Crippen molar-refractivity contribution in [2.24, 2.45) is 11.7 Å². The molecule has 0 bridgehead atoms. The Balaban J connectivity index is 1.52. The van der Waals surface area contributed by atoms with Crippen LogP contribution in [0.2, 0.25) is 0 Å². The molecule has 2 amide bonds. The molecule has 1 aromatic carbocycles. The van der Waals surface area contributed by atoms with Crippen molar-refractivity contribution < 1.29 is 18.7 Å². The van der Waals surface area contributed by atoms with Crippen molar-refractivity contribution in [2.45, 2.75) is 31.7 Å². The third-order valence-corrected chi connectivity index (χ3v) is 5.62. The Labute approximate surface area is 173 Å². The summed E-state index contributed by atoms with van der Waals surface area (Å²) in [5.74, 6) is -0.675. The average Bonchev–Trinajstić information content (AvgIpc) is 2.76. The lowest BCUT2D eigenvalue weighted by Crippen LogP contribution is -2.41. The number of hydrogen-bond donors (Lipinski definition) is 2. The first kappa shape index (κ1) is 20.2. The Morgan fingerprint density at radius 3 is 2.80 bits per heavy atom. The Hall–Kier alpha value is -3.07. The van der Waals surface area contributed by atoms with E-state index in [4.69, 9.17) is 10.5 Å². The van der Waals surface area contributed by atoms with Crippen LogP contribution in [-0.2, 0) is 14.3 Å². The second kappa shape index (κ2) is 8.74. The second-order valence-electron chi connectivity index (χ2n) is 7.63. The fraction of sp³-hybridized carbons (Fsp3) is 0.429. The van der Waals surface area contributed by atoms with Gasteiger partial charge in [0.1, 0.15) is 12.3 Å². The number of carbonyl (C=O) groups is 2. The number of halogens is 1. The summed E-state index contributed by atoms with van der Waals surface area (Å²) < 4.78 is 19.7. The maximum atomic E-state index is 14.5. The minimum atomic E-state index is -0.538. The molecule has 4 rings (SSSR count). The number of nitrogens with zero attached hydrogens (tertiary/aromatic N) is 3. The highest BCUT2D eigenvalue weighted by molar-refractivity contribution is 5.95. The molecule has 1 aliphatic carbocycles. The molecule has 1 aliphatic heterocycles. The van der Waals surface area contributed by atoms with Gasteiger partial charge in [-0.05, 0) is 37.8 Å². The molecular weight excluding hydrogens is 389 g/mol. The number of amides is 2. The summed E-state index contributed by atoms with van der Waals surface area (Å²) in [7, 11) is 0. The number of rotatable bonds is 5. The molecule has 1 saturated carbocycles. The van der Waals surface area contributed by atoms with Crippen LogP contribution in [0.3, 0.4) is 0 Å². The van der Waals surface area contributed by atoms with Gasteiger partial charge in [0.25, 0.3) is 5.91 Å². The van der Waals surface area contributed by atoms with Gasteiger partial charge in [-0.25, -0.2) is 14.4 Å². The fourth-order valence-electron chi connectivity index (χ4n) is 3.96. The van der Waals surface area contributed by atoms with Gasteiger partial charge < -0.3 is 20.7 Å². The zero-order chi connectivity index (χ0) is 21.1. The topological polar surface area (TPSA) is 110 Å². The van der Waals surface area contributed by atoms with Crippen LogP contribution in [0.25, 0.3) is 11.3 Å². The quantitative estimate of drug-likeness (QED) is 0.777. The van der Waals surface area contributed by atoms with Gasteiger partial charge in [-0.1, -0.05) is 12.1 Å². The standard InChI is InChI=1S/C21H24FN5O3/c22-17-11-24-21(25-15-6-4-13(5-7-15)20(23)29)26-19(17)14-2-1-3-16(10-14)27-8-9-30-12-18(27)28/h1-3,10-11,13,15H,4-9,12H2,(H2,23,29)(H,24,25,26)/t13-,15-. The number of hydrogen-bond acceptors (Lipinski definition) is 6. The van der Waals surface area contributed by atoms with Crippen LogP contribution in [0.5, 0.6) is 0 Å². The van der Waals surface area contributed by atoms with Crippen molar-refractivity contribution >= 4 is 23.5 Å². The van der Waals surface area contributed by atoms with E-state index in [1.54, 1.807) is 23.1 Å². The lowest BCUT2D eigenvalue weighted by molar-refractivity contribution is -0.125. The molecule has 0 atom stereocenters. The molecule has 30 heavy (non-hydrogen) atoms. The Morgan fingerprint density at radius 2 is 2.07 bits per heavy atom. The number of anilines is 2. The Morgan fingerprint density at radius 1 is 1.27 bits per heavy atom. The van der Waals surface area contributed by atoms with Gasteiger partial charge in [0.2, 0.25) is 11.9 Å². The van der Waals surface area contributed by atoms with E-state index in [0.717, 1.165) is 31.9 Å². The third kappa shape index (κ3) is 4.40. The molecule has 0 spiro atoms. The molecule has 2 aliphatic rings. The highest BCUT2D eigenvalue weighted by atomic mass is 19.1. The van der Waals surface area contributed by atoms with E-state index in [9.17, 15) is 14.0 Å². The van der Waals surface area contributed by atoms with Crippen LogP contribution in [0.1, 0.15) is 25.7 Å². The molecule has 2 heterocycles. The van der Waals surface area contributed by atoms with E-state index in [-0.39, 0.29) is 36.1 Å². The Kier molecular flexibility index (Phi) is 5.89. The van der Waals surface area contributed by atoms with Crippen LogP contribution >= 0.6 is 0 Å². The van der Waals surface area contributed by atoms with Crippen molar-refractivity contribution in [1.29, 1.82) is 0 Å². The van der Waals surface area contributed by atoms with Crippen LogP contribution in [0.4, 0.5) is 16.0 Å². The normalized spacial score (nSPS) is 22.0. The monoisotopic (exact) mass is 413 g/mol. The summed E-state index contributed by atoms with van der Waals surface area (Å²) in [4.78, 5) is 33.5. The van der Waals surface area contributed by atoms with Crippen molar-refractivity contribution in [3.63, 3.8) is 0 Å². The van der Waals surface area contributed by atoms with E-state index in [2.05, 4.69) is 15.3 Å². The summed E-state index contributed by atoms with van der Waals surface area (Å²) in [5.41, 5.74) is 6.79. The zero-order valence-electron chi connectivity index (χ0n) is 16.5. The fourth-order valence-corrected chi connectivity index (χ4v) is 3.96. The van der Waals surface area contributed by atoms with E-state index in [1.165, 1.54) is 0 Å². The van der Waals surface area contributed by atoms with E-state index in [1.807, 2.05) is 6.07 Å². The first-order valence-electron chi connectivity index (χ1n) is 10.1. The van der Waals surface area contributed by atoms with Gasteiger partial charge in [-0.3, -0.25) is 9.59 Å². The number of morpholine rings is 1. The maximum absolute atomic E-state index is 14.5. The molecule has 2 fully saturated rings. The van der Waals surface area contributed by atoms with Crippen LogP contribution in [-0.4, -0.2) is 47.6 Å². The van der Waals surface area contributed by atoms with Crippen molar-refractivity contribution in [3.8, 4) is 11.3 Å². The van der Waals surface area contributed by atoms with E-state index < -0.39 is 5.82 Å². The van der Waals surface area contributed by atoms with Gasteiger partial charge in [0, 0.05) is 29.8 Å². The molecule has 3 N–H and O–H groups in total. The van der Waals surface area contributed by atoms with Gasteiger partial charge in [-0.15, -0.1) is 0 Å². The minimum absolute atomic E-state index is 0.0398. The van der Waals surface area contributed by atoms with Gasteiger partial charge >= 0.3 is 0 Å². The molecule has 158 valence electrons. The smallest absolute Gasteiger partial charge is 0.253 e. The highest BCUT2D eigenvalue weighted by Crippen LogP contribution is 2.29. The highest BCUT2D eigenvalue weighted by Gasteiger charge is 2.25. The largest absolute Gasteiger partial charge is 0.370 e. The van der Waals surface area contributed by atoms with Crippen LogP contribution in [0, 0.1) is 11.7 Å². The molecule has 8 nitrogen and oxygen atoms in total. The van der Waals surface area contributed by atoms with Crippen LogP contribution < -0.4 is 16.0 Å². The molecular formula is C21H24FN5O3. The number of carbonyl (C=O) groups excluding carboxylic acids is 2. The number of primary amides is 1. The van der Waals surface area contributed by atoms with Crippen LogP contribution in [0.15, 0.2) is 30.5 Å². The molecule has 2 aromatic rings. The van der Waals surface area contributed by atoms with Crippen molar-refractivity contribution in [3.05, 3.63) is 36.3 Å². The average molecular weight is 413 g/mol. The lowest BCUT2D eigenvalue weighted by Gasteiger charge is -2.27. The van der Waals surface area contributed by atoms with Gasteiger partial charge in [-0.2, -0.15) is 0 Å². The third-order valence-electron chi connectivity index (χ3n) is 5.62. The second-order valence-corrected chi connectivity index (χ2v) is 7.63. The first-order chi connectivity index (χ1) is 14.5. The summed E-state index contributed by atoms with van der Waals surface area (Å²) >= 11 is 0. The maximum Gasteiger partial charge on any atom is 0.253 e. The van der Waals surface area contributed by atoms with E-state index >= 15 is 0 Å². The number of nitrogens with one attached hydrogen (secondary N) is 1. The first-order valence-corrected chi connectivity index (χ1v) is 10.1. The van der Waals surface area contributed by atoms with Gasteiger partial charge in [0.05, 0.1) is 12.8 Å². The number of nitrogens with two attached hydrogens (primary N) is 1. The predicted octanol–water partition coefficient (Wildman–Crippen LogP) is 2.10. The van der Waals surface area contributed by atoms with Crippen molar-refractivity contribution in [2.75, 3.05) is 30.0 Å². The predicted molar refractivity (Wildman–Crippen MR) is 109 cm³/mol. The lowest BCUT2D eigenvalue weighted by atomic mass is 9.86. The molecule has 9 heteroatoms. The van der Waals surface area contributed by atoms with Gasteiger partial charge in [0.15, 0.2) is 5.82 Å². The SMILES string of the molecule is NC(=O)[C@H]1CC[C@H](Nc2ncc(F)c(-c3cccc(N4CCOCC4=O)c3)n2)CC1. The van der Waals surface area contributed by atoms with Crippen molar-refractivity contribution in [1.82, 2.24) is 9.97 Å². The molecule has 1 aromatic heterocycles. The number of ether oxygens (including phenoxy) is 1. The summed E-state index contributed by atoms with van der Waals surface area (Å²) in [5, 5.41) is 3.24. The zero-order valence-corrected chi connectivity index (χ0v) is 16.5. The number of benzene rings is 1. The molecule has 0 unspecified atom stereocenters. The summed E-state index contributed by atoms with van der Waals surface area (Å²) in [6.45, 7) is 0.956. The Bertz CT molecular complexity index is 946. The molecule has 0 radical (unpaired) electrons. The summed E-state index contributed by atoms with van der Waals surface area (Å²) in [6.07, 6.45) is 4.14. The van der Waals surface area contributed by atoms with E-state index in [0.29, 0.717) is 30.4 Å².